The number of anilines is 2. The first kappa shape index (κ1) is 22.9. The predicted octanol–water partition coefficient (Wildman–Crippen LogP) is 10.1. The van der Waals surface area contributed by atoms with E-state index >= 15 is 0 Å². The van der Waals surface area contributed by atoms with Crippen molar-refractivity contribution in [3.63, 3.8) is 0 Å². The van der Waals surface area contributed by atoms with Crippen molar-refractivity contribution in [3.8, 4) is 33.4 Å². The average molecular weight is 499 g/mol. The van der Waals surface area contributed by atoms with E-state index in [1.807, 2.05) is 30.6 Å². The maximum absolute atomic E-state index is 4.43. The molecule has 0 unspecified atom stereocenters. The van der Waals surface area contributed by atoms with Crippen molar-refractivity contribution in [1.82, 2.24) is 4.98 Å². The monoisotopic (exact) mass is 498 g/mol. The standard InChI is InChI=1S/C37H26N2/c1-3-10-27(4-2)39(36-18-8-11-25-21-22-38-24-35(25)36)28-13-7-12-26(23-28)29-19-20-34-31-15-6-5-14-30(31)33-17-9-16-32(29)37(33)34/h3-24H,1-2H2/b27-10+. The van der Waals surface area contributed by atoms with Crippen LogP contribution in [0.25, 0.3) is 54.9 Å². The lowest BCUT2D eigenvalue weighted by Crippen LogP contribution is -2.15. The van der Waals surface area contributed by atoms with Gasteiger partial charge in [0, 0.05) is 29.2 Å². The quantitative estimate of drug-likeness (QED) is 0.212. The van der Waals surface area contributed by atoms with Crippen LogP contribution < -0.4 is 4.90 Å². The topological polar surface area (TPSA) is 16.1 Å². The second-order valence-corrected chi connectivity index (χ2v) is 9.73. The molecule has 0 aliphatic heterocycles. The molecule has 184 valence electrons. The maximum atomic E-state index is 4.43. The lowest BCUT2D eigenvalue weighted by molar-refractivity contribution is 1.22. The van der Waals surface area contributed by atoms with Crippen LogP contribution >= 0.6 is 0 Å². The molecule has 0 N–H and O–H groups in total. The van der Waals surface area contributed by atoms with E-state index in [4.69, 9.17) is 0 Å². The SMILES string of the molecule is C=C/C=C(\C=C)N(c1cccc(-c2ccc3c4c(cccc24)-c2ccccc2-3)c1)c1cccc2ccncc12. The molecule has 6 aromatic rings. The van der Waals surface area contributed by atoms with Crippen LogP contribution in [-0.2, 0) is 0 Å². The van der Waals surface area contributed by atoms with Crippen LogP contribution in [0, 0.1) is 0 Å². The first-order valence-electron chi connectivity index (χ1n) is 13.1. The summed E-state index contributed by atoms with van der Waals surface area (Å²) < 4.78 is 0. The molecular weight excluding hydrogens is 472 g/mol. The van der Waals surface area contributed by atoms with Gasteiger partial charge in [-0.15, -0.1) is 0 Å². The second kappa shape index (κ2) is 9.27. The van der Waals surface area contributed by atoms with E-state index in [1.165, 1.54) is 38.6 Å². The molecule has 1 heterocycles. The summed E-state index contributed by atoms with van der Waals surface area (Å²) in [4.78, 5) is 6.66. The number of hydrogen-bond acceptors (Lipinski definition) is 2. The molecule has 2 nitrogen and oxygen atoms in total. The summed E-state index contributed by atoms with van der Waals surface area (Å²) in [5.41, 5.74) is 10.7. The average Bonchev–Trinajstić information content (AvgIpc) is 3.32. The fourth-order valence-electron chi connectivity index (χ4n) is 5.95. The van der Waals surface area contributed by atoms with Gasteiger partial charge in [-0.3, -0.25) is 4.98 Å². The summed E-state index contributed by atoms with van der Waals surface area (Å²) in [5, 5.41) is 4.81. The van der Waals surface area contributed by atoms with Gasteiger partial charge in [0.2, 0.25) is 0 Å². The van der Waals surface area contributed by atoms with Gasteiger partial charge in [0.05, 0.1) is 5.69 Å². The number of rotatable bonds is 6. The van der Waals surface area contributed by atoms with Crippen LogP contribution in [0.5, 0.6) is 0 Å². The highest BCUT2D eigenvalue weighted by molar-refractivity contribution is 6.18. The van der Waals surface area contributed by atoms with Gasteiger partial charge in [-0.25, -0.2) is 0 Å². The molecule has 0 saturated carbocycles. The molecule has 0 amide bonds. The third kappa shape index (κ3) is 3.61. The van der Waals surface area contributed by atoms with Crippen LogP contribution in [0.3, 0.4) is 0 Å². The van der Waals surface area contributed by atoms with Crippen molar-refractivity contribution in [2.45, 2.75) is 0 Å². The number of nitrogens with zero attached hydrogens (tertiary/aromatic N) is 2. The summed E-state index contributed by atoms with van der Waals surface area (Å²) in [6.45, 7) is 8.08. The van der Waals surface area contributed by atoms with E-state index < -0.39 is 0 Å². The number of allylic oxidation sites excluding steroid dienone is 3. The molecule has 0 saturated heterocycles. The Kier molecular flexibility index (Phi) is 5.45. The lowest BCUT2D eigenvalue weighted by Gasteiger charge is -2.28. The summed E-state index contributed by atoms with van der Waals surface area (Å²) in [7, 11) is 0. The zero-order chi connectivity index (χ0) is 26.3. The highest BCUT2D eigenvalue weighted by atomic mass is 15.1. The minimum Gasteiger partial charge on any atom is -0.310 e. The van der Waals surface area contributed by atoms with Gasteiger partial charge >= 0.3 is 0 Å². The number of hydrogen-bond donors (Lipinski definition) is 0. The highest BCUT2D eigenvalue weighted by Crippen LogP contribution is 2.49. The van der Waals surface area contributed by atoms with E-state index in [9.17, 15) is 0 Å². The van der Waals surface area contributed by atoms with Crippen molar-refractivity contribution >= 4 is 32.9 Å². The molecule has 1 aromatic heterocycles. The summed E-state index contributed by atoms with van der Waals surface area (Å²) in [6.07, 6.45) is 9.43. The fourth-order valence-corrected chi connectivity index (χ4v) is 5.95. The molecule has 0 atom stereocenters. The fraction of sp³-hybridized carbons (Fsp3) is 0. The van der Waals surface area contributed by atoms with Crippen LogP contribution in [0.1, 0.15) is 0 Å². The molecule has 1 aliphatic rings. The molecular formula is C37H26N2. The Morgan fingerprint density at radius 2 is 1.41 bits per heavy atom. The Labute approximate surface area is 228 Å². The van der Waals surface area contributed by atoms with Gasteiger partial charge in [-0.2, -0.15) is 0 Å². The minimum absolute atomic E-state index is 0.939. The Morgan fingerprint density at radius 1 is 0.667 bits per heavy atom. The summed E-state index contributed by atoms with van der Waals surface area (Å²) >= 11 is 0. The smallest absolute Gasteiger partial charge is 0.0555 e. The third-order valence-corrected chi connectivity index (χ3v) is 7.62. The first-order chi connectivity index (χ1) is 19.3. The number of pyridine rings is 1. The molecule has 0 fully saturated rings. The molecule has 5 aromatic carbocycles. The van der Waals surface area contributed by atoms with Crippen molar-refractivity contribution in [2.75, 3.05) is 4.90 Å². The Balaban J connectivity index is 1.44. The molecule has 39 heavy (non-hydrogen) atoms. The number of benzene rings is 5. The Bertz CT molecular complexity index is 1930. The molecule has 0 radical (unpaired) electrons. The number of fused-ring (bicyclic) bond motifs is 4. The van der Waals surface area contributed by atoms with Crippen molar-refractivity contribution in [2.24, 2.45) is 0 Å². The van der Waals surface area contributed by atoms with E-state index in [-0.39, 0.29) is 0 Å². The molecule has 0 bridgehead atoms. The zero-order valence-corrected chi connectivity index (χ0v) is 21.5. The highest BCUT2D eigenvalue weighted by Gasteiger charge is 2.23. The molecule has 1 aliphatic carbocycles. The Hall–Kier alpha value is -5.21. The van der Waals surface area contributed by atoms with Crippen LogP contribution in [0.4, 0.5) is 11.4 Å². The molecule has 7 rings (SSSR count). The van der Waals surface area contributed by atoms with Crippen LogP contribution in [0.2, 0.25) is 0 Å². The molecule has 0 spiro atoms. The van der Waals surface area contributed by atoms with Gasteiger partial charge < -0.3 is 4.90 Å². The van der Waals surface area contributed by atoms with Gasteiger partial charge in [-0.05, 0) is 86.0 Å². The van der Waals surface area contributed by atoms with Crippen molar-refractivity contribution < 1.29 is 0 Å². The third-order valence-electron chi connectivity index (χ3n) is 7.62. The summed E-state index contributed by atoms with van der Waals surface area (Å²) in [6, 6.07) is 37.0. The summed E-state index contributed by atoms with van der Waals surface area (Å²) in [5.74, 6) is 0. The van der Waals surface area contributed by atoms with Gasteiger partial charge in [0.25, 0.3) is 0 Å². The van der Waals surface area contributed by atoms with Gasteiger partial charge in [0.1, 0.15) is 0 Å². The van der Waals surface area contributed by atoms with E-state index in [1.54, 1.807) is 6.08 Å². The van der Waals surface area contributed by atoms with Crippen molar-refractivity contribution in [3.05, 3.63) is 153 Å². The minimum atomic E-state index is 0.939. The zero-order valence-electron chi connectivity index (χ0n) is 21.5. The predicted molar refractivity (Wildman–Crippen MR) is 166 cm³/mol. The van der Waals surface area contributed by atoms with Crippen molar-refractivity contribution in [1.29, 1.82) is 0 Å². The number of aromatic nitrogens is 1. The van der Waals surface area contributed by atoms with Crippen LogP contribution in [0.15, 0.2) is 153 Å². The van der Waals surface area contributed by atoms with E-state index in [0.717, 1.165) is 33.4 Å². The molecule has 2 heteroatoms. The first-order valence-corrected chi connectivity index (χ1v) is 13.1. The normalized spacial score (nSPS) is 11.9. The Morgan fingerprint density at radius 3 is 2.23 bits per heavy atom. The van der Waals surface area contributed by atoms with E-state index in [0.29, 0.717) is 0 Å². The van der Waals surface area contributed by atoms with E-state index in [2.05, 4.69) is 120 Å². The van der Waals surface area contributed by atoms with Gasteiger partial charge in [0.15, 0.2) is 0 Å². The largest absolute Gasteiger partial charge is 0.310 e. The van der Waals surface area contributed by atoms with Gasteiger partial charge in [-0.1, -0.05) is 98.1 Å². The van der Waals surface area contributed by atoms with Crippen LogP contribution in [-0.4, -0.2) is 4.98 Å². The maximum Gasteiger partial charge on any atom is 0.0555 e. The second-order valence-electron chi connectivity index (χ2n) is 9.73. The lowest BCUT2D eigenvalue weighted by atomic mass is 9.94.